The first kappa shape index (κ1) is 10.7. The molecule has 2 aliphatic rings. The van der Waals surface area contributed by atoms with E-state index < -0.39 is 0 Å². The SMILES string of the molecule is COCc1cc(C(=O)NC2C3CNCC32)no1. The number of carbonyl (C=O) groups excluding carboxylic acids is 1. The third-order valence-corrected chi connectivity index (χ3v) is 3.47. The van der Waals surface area contributed by atoms with Gasteiger partial charge < -0.3 is 19.9 Å². The summed E-state index contributed by atoms with van der Waals surface area (Å²) in [5, 5.41) is 10.00. The van der Waals surface area contributed by atoms with Crippen LogP contribution in [0.15, 0.2) is 10.6 Å². The minimum atomic E-state index is -0.157. The van der Waals surface area contributed by atoms with Gasteiger partial charge in [-0.2, -0.15) is 0 Å². The Balaban J connectivity index is 1.58. The number of methoxy groups -OCH3 is 1. The molecule has 6 nitrogen and oxygen atoms in total. The molecule has 1 aromatic heterocycles. The fraction of sp³-hybridized carbons (Fsp3) is 0.636. The van der Waals surface area contributed by atoms with Crippen LogP contribution in [0.25, 0.3) is 0 Å². The molecule has 6 heteroatoms. The van der Waals surface area contributed by atoms with Gasteiger partial charge in [0.2, 0.25) is 0 Å². The van der Waals surface area contributed by atoms with Crippen molar-refractivity contribution >= 4 is 5.91 Å². The van der Waals surface area contributed by atoms with Crippen molar-refractivity contribution in [1.29, 1.82) is 0 Å². The van der Waals surface area contributed by atoms with Crippen molar-refractivity contribution in [1.82, 2.24) is 15.8 Å². The first-order valence-corrected chi connectivity index (χ1v) is 5.75. The number of ether oxygens (including phenoxy) is 1. The van der Waals surface area contributed by atoms with Gasteiger partial charge in [-0.1, -0.05) is 5.16 Å². The molecule has 2 heterocycles. The number of fused-ring (bicyclic) bond motifs is 1. The maximum atomic E-state index is 11.8. The molecule has 3 rings (SSSR count). The molecule has 1 saturated carbocycles. The minimum absolute atomic E-state index is 0.157. The predicted octanol–water partition coefficient (Wildman–Crippen LogP) is -0.231. The van der Waals surface area contributed by atoms with Crippen LogP contribution in [-0.2, 0) is 11.3 Å². The molecule has 17 heavy (non-hydrogen) atoms. The summed E-state index contributed by atoms with van der Waals surface area (Å²) in [7, 11) is 1.57. The van der Waals surface area contributed by atoms with Gasteiger partial charge in [0.25, 0.3) is 5.91 Å². The summed E-state index contributed by atoms with van der Waals surface area (Å²) in [5.41, 5.74) is 0.329. The van der Waals surface area contributed by atoms with Gasteiger partial charge in [-0.05, 0) is 11.8 Å². The van der Waals surface area contributed by atoms with Gasteiger partial charge >= 0.3 is 0 Å². The van der Waals surface area contributed by atoms with E-state index in [0.717, 1.165) is 13.1 Å². The highest BCUT2D eigenvalue weighted by Gasteiger charge is 2.53. The number of amides is 1. The normalized spacial score (nSPS) is 30.1. The van der Waals surface area contributed by atoms with Gasteiger partial charge in [-0.25, -0.2) is 0 Å². The standard InChI is InChI=1S/C11H15N3O3/c1-16-5-6-2-9(14-17-6)11(15)13-10-7-3-12-4-8(7)10/h2,7-8,10,12H,3-5H2,1H3,(H,13,15). The molecule has 1 saturated heterocycles. The summed E-state index contributed by atoms with van der Waals surface area (Å²) in [4.78, 5) is 11.8. The Morgan fingerprint density at radius 1 is 1.65 bits per heavy atom. The Bertz CT molecular complexity index is 421. The van der Waals surface area contributed by atoms with Crippen molar-refractivity contribution in [2.45, 2.75) is 12.6 Å². The lowest BCUT2D eigenvalue weighted by atomic mass is 10.3. The van der Waals surface area contributed by atoms with Gasteiger partial charge in [-0.15, -0.1) is 0 Å². The number of nitrogens with one attached hydrogen (secondary N) is 2. The fourth-order valence-electron chi connectivity index (χ4n) is 2.49. The third kappa shape index (κ3) is 1.94. The molecule has 1 amide bonds. The van der Waals surface area contributed by atoms with E-state index in [1.165, 1.54) is 0 Å². The molecule has 1 aromatic rings. The molecular weight excluding hydrogens is 222 g/mol. The molecule has 1 aliphatic carbocycles. The second kappa shape index (κ2) is 4.12. The van der Waals surface area contributed by atoms with Crippen molar-refractivity contribution in [3.63, 3.8) is 0 Å². The molecule has 0 bridgehead atoms. The average molecular weight is 237 g/mol. The number of rotatable bonds is 4. The van der Waals surface area contributed by atoms with Crippen LogP contribution in [0.1, 0.15) is 16.2 Å². The Morgan fingerprint density at radius 2 is 2.41 bits per heavy atom. The van der Waals surface area contributed by atoms with E-state index in [9.17, 15) is 4.79 Å². The number of piperidine rings is 1. The monoisotopic (exact) mass is 237 g/mol. The van der Waals surface area contributed by atoms with Crippen LogP contribution in [0.5, 0.6) is 0 Å². The Hall–Kier alpha value is -1.40. The predicted molar refractivity (Wildman–Crippen MR) is 58.3 cm³/mol. The molecule has 92 valence electrons. The highest BCUT2D eigenvalue weighted by atomic mass is 16.5. The number of hydrogen-bond acceptors (Lipinski definition) is 5. The first-order chi connectivity index (χ1) is 8.29. The maximum absolute atomic E-state index is 11.8. The van der Waals surface area contributed by atoms with Gasteiger partial charge in [-0.3, -0.25) is 4.79 Å². The van der Waals surface area contributed by atoms with Crippen LogP contribution >= 0.6 is 0 Å². The van der Waals surface area contributed by atoms with Crippen LogP contribution < -0.4 is 10.6 Å². The molecule has 2 fully saturated rings. The molecule has 0 aromatic carbocycles. The fourth-order valence-corrected chi connectivity index (χ4v) is 2.49. The zero-order valence-electron chi connectivity index (χ0n) is 9.60. The lowest BCUT2D eigenvalue weighted by Gasteiger charge is -2.05. The summed E-state index contributed by atoms with van der Waals surface area (Å²) in [5.74, 6) is 1.61. The highest BCUT2D eigenvalue weighted by Crippen LogP contribution is 2.41. The largest absolute Gasteiger partial charge is 0.377 e. The van der Waals surface area contributed by atoms with E-state index in [2.05, 4.69) is 15.8 Å². The van der Waals surface area contributed by atoms with Crippen LogP contribution in [0.3, 0.4) is 0 Å². The maximum Gasteiger partial charge on any atom is 0.273 e. The summed E-state index contributed by atoms with van der Waals surface area (Å²) in [6, 6.07) is 1.93. The number of aromatic nitrogens is 1. The minimum Gasteiger partial charge on any atom is -0.377 e. The zero-order valence-corrected chi connectivity index (χ0v) is 9.60. The van der Waals surface area contributed by atoms with Gasteiger partial charge in [0, 0.05) is 32.3 Å². The molecule has 2 unspecified atom stereocenters. The van der Waals surface area contributed by atoms with E-state index in [0.29, 0.717) is 35.9 Å². The van der Waals surface area contributed by atoms with Crippen LogP contribution in [0.4, 0.5) is 0 Å². The third-order valence-electron chi connectivity index (χ3n) is 3.47. The van der Waals surface area contributed by atoms with E-state index >= 15 is 0 Å². The lowest BCUT2D eigenvalue weighted by molar-refractivity contribution is 0.0936. The topological polar surface area (TPSA) is 76.4 Å². The molecule has 0 spiro atoms. The van der Waals surface area contributed by atoms with Crippen molar-refractivity contribution < 1.29 is 14.1 Å². The average Bonchev–Trinajstić information content (AvgIpc) is 2.79. The number of hydrogen-bond donors (Lipinski definition) is 2. The Labute approximate surface area is 98.7 Å². The van der Waals surface area contributed by atoms with Gasteiger partial charge in [0.05, 0.1) is 0 Å². The van der Waals surface area contributed by atoms with Gasteiger partial charge in [0.15, 0.2) is 11.5 Å². The van der Waals surface area contributed by atoms with Gasteiger partial charge in [0.1, 0.15) is 6.61 Å². The number of carbonyl (C=O) groups is 1. The molecule has 1 aliphatic heterocycles. The Morgan fingerprint density at radius 3 is 3.12 bits per heavy atom. The Kier molecular flexibility index (Phi) is 2.60. The van der Waals surface area contributed by atoms with Crippen LogP contribution in [0, 0.1) is 11.8 Å². The molecular formula is C11H15N3O3. The van der Waals surface area contributed by atoms with Crippen molar-refractivity contribution in [3.8, 4) is 0 Å². The number of nitrogens with zero attached hydrogens (tertiary/aromatic N) is 1. The second-order valence-electron chi connectivity index (χ2n) is 4.60. The second-order valence-corrected chi connectivity index (χ2v) is 4.60. The quantitative estimate of drug-likeness (QED) is 0.756. The van der Waals surface area contributed by atoms with Crippen molar-refractivity contribution in [2.24, 2.45) is 11.8 Å². The van der Waals surface area contributed by atoms with Crippen molar-refractivity contribution in [3.05, 3.63) is 17.5 Å². The van der Waals surface area contributed by atoms with Crippen LogP contribution in [-0.4, -0.2) is 37.3 Å². The van der Waals surface area contributed by atoms with E-state index in [1.54, 1.807) is 13.2 Å². The smallest absolute Gasteiger partial charge is 0.273 e. The zero-order chi connectivity index (χ0) is 11.8. The van der Waals surface area contributed by atoms with E-state index in [-0.39, 0.29) is 5.91 Å². The van der Waals surface area contributed by atoms with E-state index in [4.69, 9.17) is 9.26 Å². The highest BCUT2D eigenvalue weighted by molar-refractivity contribution is 5.92. The van der Waals surface area contributed by atoms with Crippen molar-refractivity contribution in [2.75, 3.05) is 20.2 Å². The summed E-state index contributed by atoms with van der Waals surface area (Å²) < 4.78 is 9.88. The summed E-state index contributed by atoms with van der Waals surface area (Å²) in [6.07, 6.45) is 0. The molecule has 2 atom stereocenters. The summed E-state index contributed by atoms with van der Waals surface area (Å²) >= 11 is 0. The van der Waals surface area contributed by atoms with Crippen LogP contribution in [0.2, 0.25) is 0 Å². The molecule has 0 radical (unpaired) electrons. The first-order valence-electron chi connectivity index (χ1n) is 5.75. The van der Waals surface area contributed by atoms with E-state index in [1.807, 2.05) is 0 Å². The summed E-state index contributed by atoms with van der Waals surface area (Å²) in [6.45, 7) is 2.34. The molecule has 2 N–H and O–H groups in total. The lowest BCUT2D eigenvalue weighted by Crippen LogP contribution is -2.32.